The van der Waals surface area contributed by atoms with Crippen molar-refractivity contribution in [2.24, 2.45) is 0 Å². The van der Waals surface area contributed by atoms with Crippen molar-refractivity contribution >= 4 is 11.6 Å². The highest BCUT2D eigenvalue weighted by molar-refractivity contribution is 5.90. The van der Waals surface area contributed by atoms with Crippen molar-refractivity contribution in [3.8, 4) is 0 Å². The first-order valence-corrected chi connectivity index (χ1v) is 10.1. The molecule has 4 heteroatoms. The summed E-state index contributed by atoms with van der Waals surface area (Å²) >= 11 is 0. The normalized spacial score (nSPS) is 20.4. The fourth-order valence-corrected chi connectivity index (χ4v) is 4.33. The molecular formula is C23H29N3O. The lowest BCUT2D eigenvalue weighted by Gasteiger charge is -2.38. The molecule has 1 fully saturated rings. The molecule has 2 aromatic rings. The fraction of sp³-hybridized carbons (Fsp3) is 0.435. The molecule has 0 saturated carbocycles. The monoisotopic (exact) mass is 363 g/mol. The van der Waals surface area contributed by atoms with Crippen molar-refractivity contribution in [2.75, 3.05) is 38.0 Å². The SMILES string of the molecule is Cc1ccc(NC(=O)CCN2CCN(C3CCc4ccccc43)CC2)cc1. The Morgan fingerprint density at radius 3 is 2.56 bits per heavy atom. The van der Waals surface area contributed by atoms with Crippen LogP contribution in [0.2, 0.25) is 0 Å². The molecule has 1 amide bonds. The van der Waals surface area contributed by atoms with Crippen LogP contribution in [-0.2, 0) is 11.2 Å². The number of carbonyl (C=O) groups excluding carboxylic acids is 1. The largest absolute Gasteiger partial charge is 0.326 e. The highest BCUT2D eigenvalue weighted by atomic mass is 16.1. The third-order valence-corrected chi connectivity index (χ3v) is 5.94. The molecule has 4 nitrogen and oxygen atoms in total. The van der Waals surface area contributed by atoms with Crippen LogP contribution in [-0.4, -0.2) is 48.4 Å². The van der Waals surface area contributed by atoms with Gasteiger partial charge in [0.1, 0.15) is 0 Å². The van der Waals surface area contributed by atoms with Gasteiger partial charge in [-0.25, -0.2) is 0 Å². The summed E-state index contributed by atoms with van der Waals surface area (Å²) in [5.74, 6) is 0.103. The molecular weight excluding hydrogens is 334 g/mol. The molecule has 1 saturated heterocycles. The van der Waals surface area contributed by atoms with Crippen LogP contribution in [0.3, 0.4) is 0 Å². The Balaban J connectivity index is 1.22. The van der Waals surface area contributed by atoms with Crippen LogP contribution in [0.25, 0.3) is 0 Å². The second kappa shape index (κ2) is 8.24. The van der Waals surface area contributed by atoms with E-state index in [1.54, 1.807) is 0 Å². The lowest BCUT2D eigenvalue weighted by atomic mass is 10.1. The predicted molar refractivity (Wildman–Crippen MR) is 110 cm³/mol. The zero-order valence-electron chi connectivity index (χ0n) is 16.2. The summed E-state index contributed by atoms with van der Waals surface area (Å²) in [7, 11) is 0. The van der Waals surface area contributed by atoms with E-state index in [4.69, 9.17) is 0 Å². The van der Waals surface area contributed by atoms with E-state index in [2.05, 4.69) is 46.3 Å². The van der Waals surface area contributed by atoms with Crippen LogP contribution in [0, 0.1) is 6.92 Å². The molecule has 1 aliphatic heterocycles. The molecule has 1 aliphatic carbocycles. The van der Waals surface area contributed by atoms with Crippen molar-refractivity contribution in [3.63, 3.8) is 0 Å². The number of nitrogens with zero attached hydrogens (tertiary/aromatic N) is 2. The van der Waals surface area contributed by atoms with Gasteiger partial charge >= 0.3 is 0 Å². The summed E-state index contributed by atoms with van der Waals surface area (Å²) in [5.41, 5.74) is 5.15. The van der Waals surface area contributed by atoms with E-state index in [0.29, 0.717) is 12.5 Å². The maximum Gasteiger partial charge on any atom is 0.225 e. The smallest absolute Gasteiger partial charge is 0.225 e. The van der Waals surface area contributed by atoms with Crippen LogP contribution in [0.4, 0.5) is 5.69 Å². The minimum Gasteiger partial charge on any atom is -0.326 e. The van der Waals surface area contributed by atoms with Gasteiger partial charge < -0.3 is 10.2 Å². The van der Waals surface area contributed by atoms with Crippen molar-refractivity contribution in [1.29, 1.82) is 0 Å². The summed E-state index contributed by atoms with van der Waals surface area (Å²) in [6.07, 6.45) is 3.01. The zero-order valence-corrected chi connectivity index (χ0v) is 16.2. The van der Waals surface area contributed by atoms with Crippen LogP contribution < -0.4 is 5.32 Å². The van der Waals surface area contributed by atoms with E-state index < -0.39 is 0 Å². The fourth-order valence-electron chi connectivity index (χ4n) is 4.33. The number of hydrogen-bond donors (Lipinski definition) is 1. The minimum absolute atomic E-state index is 0.103. The van der Waals surface area contributed by atoms with Gasteiger partial charge in [0.05, 0.1) is 0 Å². The van der Waals surface area contributed by atoms with E-state index in [1.807, 2.05) is 24.3 Å². The average Bonchev–Trinajstić information content (AvgIpc) is 3.13. The number of piperazine rings is 1. The highest BCUT2D eigenvalue weighted by Crippen LogP contribution is 2.35. The number of nitrogens with one attached hydrogen (secondary N) is 1. The van der Waals surface area contributed by atoms with Crippen LogP contribution in [0.1, 0.15) is 35.6 Å². The first kappa shape index (κ1) is 18.2. The van der Waals surface area contributed by atoms with Crippen molar-refractivity contribution in [1.82, 2.24) is 9.80 Å². The third-order valence-electron chi connectivity index (χ3n) is 5.94. The van der Waals surface area contributed by atoms with Crippen LogP contribution >= 0.6 is 0 Å². The lowest BCUT2D eigenvalue weighted by molar-refractivity contribution is -0.116. The summed E-state index contributed by atoms with van der Waals surface area (Å²) < 4.78 is 0. The van der Waals surface area contributed by atoms with E-state index in [0.717, 1.165) is 38.4 Å². The number of rotatable bonds is 5. The Labute approximate surface area is 162 Å². The Hall–Kier alpha value is -2.17. The molecule has 0 aromatic heterocycles. The van der Waals surface area contributed by atoms with E-state index >= 15 is 0 Å². The van der Waals surface area contributed by atoms with Gasteiger partial charge in [-0.2, -0.15) is 0 Å². The molecule has 1 atom stereocenters. The molecule has 27 heavy (non-hydrogen) atoms. The van der Waals surface area contributed by atoms with Gasteiger partial charge in [0.25, 0.3) is 0 Å². The van der Waals surface area contributed by atoms with Gasteiger partial charge in [-0.3, -0.25) is 9.69 Å². The number of amides is 1. The molecule has 142 valence electrons. The topological polar surface area (TPSA) is 35.6 Å². The number of carbonyl (C=O) groups is 1. The predicted octanol–water partition coefficient (Wildman–Crippen LogP) is 3.63. The molecule has 2 aromatic carbocycles. The van der Waals surface area contributed by atoms with Crippen LogP contribution in [0.5, 0.6) is 0 Å². The van der Waals surface area contributed by atoms with Crippen molar-refractivity contribution < 1.29 is 4.79 Å². The molecule has 1 unspecified atom stereocenters. The number of aryl methyl sites for hydroxylation is 2. The Morgan fingerprint density at radius 2 is 1.78 bits per heavy atom. The number of benzene rings is 2. The molecule has 2 aliphatic rings. The lowest BCUT2D eigenvalue weighted by Crippen LogP contribution is -2.47. The molecule has 0 radical (unpaired) electrons. The van der Waals surface area contributed by atoms with Crippen LogP contribution in [0.15, 0.2) is 48.5 Å². The standard InChI is InChI=1S/C23H29N3O/c1-18-6-9-20(10-7-18)24-23(27)12-13-25-14-16-26(17-15-25)22-11-8-19-4-2-3-5-21(19)22/h2-7,9-10,22H,8,11-17H2,1H3,(H,24,27). The summed E-state index contributed by atoms with van der Waals surface area (Å²) in [5, 5.41) is 3.00. The molecule has 0 spiro atoms. The third kappa shape index (κ3) is 4.40. The maximum absolute atomic E-state index is 12.2. The second-order valence-electron chi connectivity index (χ2n) is 7.80. The summed E-state index contributed by atoms with van der Waals surface area (Å²) in [6.45, 7) is 7.19. The van der Waals surface area contributed by atoms with E-state index in [9.17, 15) is 4.79 Å². The minimum atomic E-state index is 0.103. The summed E-state index contributed by atoms with van der Waals surface area (Å²) in [6, 6.07) is 17.5. The van der Waals surface area contributed by atoms with Gasteiger partial charge in [-0.15, -0.1) is 0 Å². The Bertz CT molecular complexity index is 778. The van der Waals surface area contributed by atoms with Gasteiger partial charge in [-0.1, -0.05) is 42.0 Å². The van der Waals surface area contributed by atoms with Gasteiger partial charge in [0, 0.05) is 50.9 Å². The number of anilines is 1. The van der Waals surface area contributed by atoms with E-state index in [-0.39, 0.29) is 5.91 Å². The Morgan fingerprint density at radius 1 is 1.04 bits per heavy atom. The van der Waals surface area contributed by atoms with Crippen molar-refractivity contribution in [3.05, 3.63) is 65.2 Å². The zero-order chi connectivity index (χ0) is 18.6. The first-order valence-electron chi connectivity index (χ1n) is 10.1. The second-order valence-corrected chi connectivity index (χ2v) is 7.80. The number of fused-ring (bicyclic) bond motifs is 1. The van der Waals surface area contributed by atoms with E-state index in [1.165, 1.54) is 29.5 Å². The van der Waals surface area contributed by atoms with Gasteiger partial charge in [0.2, 0.25) is 5.91 Å². The number of hydrogen-bond acceptors (Lipinski definition) is 3. The molecule has 0 bridgehead atoms. The first-order chi connectivity index (χ1) is 13.2. The maximum atomic E-state index is 12.2. The molecule has 1 N–H and O–H groups in total. The Kier molecular flexibility index (Phi) is 5.55. The highest BCUT2D eigenvalue weighted by Gasteiger charge is 2.29. The van der Waals surface area contributed by atoms with Gasteiger partial charge in [-0.05, 0) is 43.0 Å². The molecule has 4 rings (SSSR count). The average molecular weight is 364 g/mol. The van der Waals surface area contributed by atoms with Gasteiger partial charge in [0.15, 0.2) is 0 Å². The van der Waals surface area contributed by atoms with Crippen molar-refractivity contribution in [2.45, 2.75) is 32.2 Å². The quantitative estimate of drug-likeness (QED) is 0.881. The molecule has 1 heterocycles. The summed E-state index contributed by atoms with van der Waals surface area (Å²) in [4.78, 5) is 17.3.